The Morgan fingerprint density at radius 1 is 1.00 bits per heavy atom. The number of nitro groups is 2. The van der Waals surface area contributed by atoms with Gasteiger partial charge in [0, 0.05) is 12.5 Å². The first kappa shape index (κ1) is 21.4. The molecule has 0 fully saturated rings. The van der Waals surface area contributed by atoms with E-state index < -0.39 is 27.1 Å². The van der Waals surface area contributed by atoms with Crippen molar-refractivity contribution in [3.63, 3.8) is 0 Å². The lowest BCUT2D eigenvalue weighted by molar-refractivity contribution is -0.385. The van der Waals surface area contributed by atoms with Crippen LogP contribution in [0.15, 0.2) is 30.3 Å². The Balaban J connectivity index is 1.99. The molecule has 0 bridgehead atoms. The third-order valence-corrected chi connectivity index (χ3v) is 3.88. The number of hydrogen-bond acceptors (Lipinski definition) is 8. The molecular formula is C18H18N2O9. The number of methoxy groups -OCH3 is 1. The first-order valence-electron chi connectivity index (χ1n) is 8.35. The maximum Gasteiger partial charge on any atom is 0.342 e. The fourth-order valence-corrected chi connectivity index (χ4v) is 2.47. The maximum absolute atomic E-state index is 11.1. The summed E-state index contributed by atoms with van der Waals surface area (Å²) < 4.78 is 16.1. The molecule has 0 aliphatic heterocycles. The number of carboxylic acid groups (broad SMARTS) is 1. The second kappa shape index (κ2) is 9.35. The van der Waals surface area contributed by atoms with Gasteiger partial charge in [-0.1, -0.05) is 0 Å². The van der Waals surface area contributed by atoms with E-state index in [4.69, 9.17) is 19.3 Å². The molecule has 1 N–H and O–H groups in total. The highest BCUT2D eigenvalue weighted by Gasteiger charge is 2.22. The van der Waals surface area contributed by atoms with E-state index >= 15 is 0 Å². The van der Waals surface area contributed by atoms with E-state index in [0.717, 1.165) is 6.07 Å². The van der Waals surface area contributed by atoms with E-state index in [9.17, 15) is 25.0 Å². The van der Waals surface area contributed by atoms with Gasteiger partial charge in [0.15, 0.2) is 11.5 Å². The number of aryl methyl sites for hydroxylation is 1. The largest absolute Gasteiger partial charge is 0.493 e. The molecule has 0 radical (unpaired) electrons. The molecule has 29 heavy (non-hydrogen) atoms. The molecule has 0 atom stereocenters. The van der Waals surface area contributed by atoms with E-state index in [1.54, 1.807) is 6.92 Å². The summed E-state index contributed by atoms with van der Waals surface area (Å²) in [4.78, 5) is 31.7. The van der Waals surface area contributed by atoms with Crippen LogP contribution in [0, 0.1) is 27.2 Å². The van der Waals surface area contributed by atoms with Crippen LogP contribution in [0.25, 0.3) is 0 Å². The quantitative estimate of drug-likeness (QED) is 0.355. The van der Waals surface area contributed by atoms with Crippen molar-refractivity contribution in [3.05, 3.63) is 61.7 Å². The second-order valence-electron chi connectivity index (χ2n) is 5.84. The molecule has 2 aromatic carbocycles. The number of benzene rings is 2. The summed E-state index contributed by atoms with van der Waals surface area (Å²) in [6.45, 7) is 1.85. The van der Waals surface area contributed by atoms with Gasteiger partial charge in [0.2, 0.25) is 0 Å². The van der Waals surface area contributed by atoms with E-state index in [1.807, 2.05) is 0 Å². The highest BCUT2D eigenvalue weighted by molar-refractivity contribution is 5.93. The smallest absolute Gasteiger partial charge is 0.342 e. The summed E-state index contributed by atoms with van der Waals surface area (Å²) in [7, 11) is 1.41. The molecule has 11 nitrogen and oxygen atoms in total. The van der Waals surface area contributed by atoms with Crippen LogP contribution in [-0.4, -0.2) is 41.2 Å². The van der Waals surface area contributed by atoms with Gasteiger partial charge in [-0.3, -0.25) is 20.2 Å². The summed E-state index contributed by atoms with van der Waals surface area (Å²) in [6, 6.07) is 6.23. The standard InChI is InChI=1S/C18H18N2O9/c1-11-8-13(18(21)22)14(20(25)26)10-16(11)28-6-3-7-29-17-9-12(19(23)24)4-5-15(17)27-2/h4-5,8-10H,3,6-7H2,1-2H3,(H,21,22). The lowest BCUT2D eigenvalue weighted by Gasteiger charge is -2.12. The van der Waals surface area contributed by atoms with Crippen LogP contribution in [0.3, 0.4) is 0 Å². The molecule has 0 heterocycles. The second-order valence-corrected chi connectivity index (χ2v) is 5.84. The van der Waals surface area contributed by atoms with Crippen molar-refractivity contribution in [3.8, 4) is 17.2 Å². The summed E-state index contributed by atoms with van der Waals surface area (Å²) in [6.07, 6.45) is 0.361. The van der Waals surface area contributed by atoms with Crippen LogP contribution < -0.4 is 14.2 Å². The first-order valence-corrected chi connectivity index (χ1v) is 8.35. The molecule has 0 saturated heterocycles. The highest BCUT2D eigenvalue weighted by Crippen LogP contribution is 2.31. The molecule has 0 aliphatic carbocycles. The zero-order valence-corrected chi connectivity index (χ0v) is 15.6. The predicted octanol–water partition coefficient (Wildman–Crippen LogP) is 3.37. The minimum atomic E-state index is -1.40. The number of nitro benzene ring substituents is 2. The average Bonchev–Trinajstić information content (AvgIpc) is 2.67. The van der Waals surface area contributed by atoms with Crippen LogP contribution in [0.5, 0.6) is 17.2 Å². The van der Waals surface area contributed by atoms with Crippen LogP contribution in [0.2, 0.25) is 0 Å². The van der Waals surface area contributed by atoms with Crippen LogP contribution >= 0.6 is 0 Å². The van der Waals surface area contributed by atoms with Crippen molar-refractivity contribution < 1.29 is 34.0 Å². The Kier molecular flexibility index (Phi) is 6.90. The predicted molar refractivity (Wildman–Crippen MR) is 100 cm³/mol. The third kappa shape index (κ3) is 5.31. The normalized spacial score (nSPS) is 10.3. The molecule has 154 valence electrons. The van der Waals surface area contributed by atoms with Crippen molar-refractivity contribution in [2.24, 2.45) is 0 Å². The fourth-order valence-electron chi connectivity index (χ4n) is 2.47. The Bertz CT molecular complexity index is 943. The Morgan fingerprint density at radius 3 is 2.21 bits per heavy atom. The first-order chi connectivity index (χ1) is 13.7. The molecule has 0 aromatic heterocycles. The van der Waals surface area contributed by atoms with Gasteiger partial charge in [-0.2, -0.15) is 0 Å². The number of non-ortho nitro benzene ring substituents is 1. The van der Waals surface area contributed by atoms with Gasteiger partial charge >= 0.3 is 5.97 Å². The van der Waals surface area contributed by atoms with Gasteiger partial charge in [-0.05, 0) is 24.6 Å². The summed E-state index contributed by atoms with van der Waals surface area (Å²) >= 11 is 0. The Morgan fingerprint density at radius 2 is 1.66 bits per heavy atom. The number of carboxylic acids is 1. The SMILES string of the molecule is COc1ccc([N+](=O)[O-])cc1OCCCOc1cc([N+](=O)[O-])c(C(=O)O)cc1C. The zero-order valence-electron chi connectivity index (χ0n) is 15.6. The van der Waals surface area contributed by atoms with Crippen molar-refractivity contribution in [1.29, 1.82) is 0 Å². The van der Waals surface area contributed by atoms with Gasteiger partial charge in [-0.25, -0.2) is 4.79 Å². The maximum atomic E-state index is 11.1. The lowest BCUT2D eigenvalue weighted by atomic mass is 10.1. The molecule has 0 aliphatic rings. The highest BCUT2D eigenvalue weighted by atomic mass is 16.6. The molecule has 0 unspecified atom stereocenters. The van der Waals surface area contributed by atoms with Crippen molar-refractivity contribution >= 4 is 17.3 Å². The van der Waals surface area contributed by atoms with Gasteiger partial charge in [-0.15, -0.1) is 0 Å². The molecule has 0 saturated carbocycles. The molecule has 2 aromatic rings. The summed E-state index contributed by atoms with van der Waals surface area (Å²) in [5, 5.41) is 31.0. The molecule has 2 rings (SSSR count). The van der Waals surface area contributed by atoms with Gasteiger partial charge in [0.05, 0.1) is 42.3 Å². The van der Waals surface area contributed by atoms with E-state index in [1.165, 1.54) is 31.4 Å². The Hall–Kier alpha value is -3.89. The number of carbonyl (C=O) groups is 1. The van der Waals surface area contributed by atoms with Gasteiger partial charge < -0.3 is 19.3 Å². The van der Waals surface area contributed by atoms with E-state index in [-0.39, 0.29) is 30.4 Å². The number of nitrogens with zero attached hydrogens (tertiary/aromatic N) is 2. The topological polar surface area (TPSA) is 151 Å². The lowest BCUT2D eigenvalue weighted by Crippen LogP contribution is -2.08. The minimum absolute atomic E-state index is 0.127. The molecule has 0 spiro atoms. The van der Waals surface area contributed by atoms with Gasteiger partial charge in [0.25, 0.3) is 11.4 Å². The molecule has 11 heteroatoms. The monoisotopic (exact) mass is 406 g/mol. The average molecular weight is 406 g/mol. The fraction of sp³-hybridized carbons (Fsp3) is 0.278. The summed E-state index contributed by atoms with van der Waals surface area (Å²) in [5.41, 5.74) is -0.676. The molecule has 0 amide bonds. The van der Waals surface area contributed by atoms with E-state index in [0.29, 0.717) is 17.7 Å². The number of ether oxygens (including phenoxy) is 3. The van der Waals surface area contributed by atoms with Crippen LogP contribution in [0.4, 0.5) is 11.4 Å². The minimum Gasteiger partial charge on any atom is -0.493 e. The zero-order chi connectivity index (χ0) is 21.6. The van der Waals surface area contributed by atoms with Gasteiger partial charge in [0.1, 0.15) is 11.3 Å². The third-order valence-electron chi connectivity index (χ3n) is 3.88. The van der Waals surface area contributed by atoms with Crippen LogP contribution in [-0.2, 0) is 0 Å². The summed E-state index contributed by atoms with van der Waals surface area (Å²) in [5.74, 6) is -0.660. The number of hydrogen-bond donors (Lipinski definition) is 1. The van der Waals surface area contributed by atoms with Crippen molar-refractivity contribution in [2.75, 3.05) is 20.3 Å². The van der Waals surface area contributed by atoms with E-state index in [2.05, 4.69) is 0 Å². The van der Waals surface area contributed by atoms with Crippen molar-refractivity contribution in [2.45, 2.75) is 13.3 Å². The Labute approximate surface area is 164 Å². The molecular weight excluding hydrogens is 388 g/mol. The number of rotatable bonds is 10. The van der Waals surface area contributed by atoms with Crippen molar-refractivity contribution in [1.82, 2.24) is 0 Å². The number of aromatic carboxylic acids is 1. The van der Waals surface area contributed by atoms with Crippen LogP contribution in [0.1, 0.15) is 22.3 Å².